The van der Waals surface area contributed by atoms with Crippen LogP contribution in [0.5, 0.6) is 0 Å². The van der Waals surface area contributed by atoms with E-state index in [1.54, 1.807) is 30.3 Å². The highest BCUT2D eigenvalue weighted by Crippen LogP contribution is 2.34. The van der Waals surface area contributed by atoms with Gasteiger partial charge in [0.15, 0.2) is 0 Å². The number of aryl methyl sites for hydroxylation is 1. The second-order valence-corrected chi connectivity index (χ2v) is 7.10. The second kappa shape index (κ2) is 6.80. The van der Waals surface area contributed by atoms with Crippen LogP contribution in [-0.2, 0) is 22.6 Å². The lowest BCUT2D eigenvalue weighted by Crippen LogP contribution is -2.19. The molecule has 8 heteroatoms. The van der Waals surface area contributed by atoms with Crippen LogP contribution in [0.3, 0.4) is 0 Å². The van der Waals surface area contributed by atoms with E-state index in [1.165, 1.54) is 0 Å². The number of nitrogens with one attached hydrogen (secondary N) is 1. The minimum atomic E-state index is -4.57. The Labute approximate surface area is 137 Å². The predicted octanol–water partition coefficient (Wildman–Crippen LogP) is 4.34. The average molecular weight is 364 g/mol. The van der Waals surface area contributed by atoms with Crippen molar-refractivity contribution in [3.63, 3.8) is 0 Å². The zero-order chi connectivity index (χ0) is 17.1. The SMILES string of the molecule is O=S(=O)(CCc1ccccc1)Nc1cc(C(F)(F)F)ccc1Cl. The van der Waals surface area contributed by atoms with E-state index in [0.29, 0.717) is 6.07 Å². The van der Waals surface area contributed by atoms with Crippen molar-refractivity contribution in [1.82, 2.24) is 0 Å². The molecule has 0 unspecified atom stereocenters. The quantitative estimate of drug-likeness (QED) is 0.858. The Morgan fingerprint density at radius 2 is 1.70 bits per heavy atom. The number of anilines is 1. The van der Waals surface area contributed by atoms with Gasteiger partial charge in [-0.25, -0.2) is 8.42 Å². The van der Waals surface area contributed by atoms with Gasteiger partial charge >= 0.3 is 6.18 Å². The van der Waals surface area contributed by atoms with Crippen LogP contribution in [0.25, 0.3) is 0 Å². The lowest BCUT2D eigenvalue weighted by atomic mass is 10.2. The Bertz CT molecular complexity index is 777. The van der Waals surface area contributed by atoms with Crippen LogP contribution in [0.2, 0.25) is 5.02 Å². The highest BCUT2D eigenvalue weighted by Gasteiger charge is 2.31. The highest BCUT2D eigenvalue weighted by atomic mass is 35.5. The number of rotatable bonds is 5. The first-order valence-corrected chi connectivity index (χ1v) is 8.61. The molecule has 0 aliphatic rings. The molecule has 0 fully saturated rings. The Hall–Kier alpha value is -1.73. The number of hydrogen-bond donors (Lipinski definition) is 1. The van der Waals surface area contributed by atoms with Gasteiger partial charge in [0.25, 0.3) is 0 Å². The molecule has 124 valence electrons. The van der Waals surface area contributed by atoms with Crippen LogP contribution in [0.15, 0.2) is 48.5 Å². The maximum absolute atomic E-state index is 12.7. The third-order valence-electron chi connectivity index (χ3n) is 3.06. The fourth-order valence-electron chi connectivity index (χ4n) is 1.90. The average Bonchev–Trinajstić information content (AvgIpc) is 2.47. The van der Waals surface area contributed by atoms with Crippen molar-refractivity contribution in [2.24, 2.45) is 0 Å². The van der Waals surface area contributed by atoms with E-state index in [4.69, 9.17) is 11.6 Å². The van der Waals surface area contributed by atoms with E-state index in [-0.39, 0.29) is 22.9 Å². The van der Waals surface area contributed by atoms with Crippen molar-refractivity contribution in [2.45, 2.75) is 12.6 Å². The van der Waals surface area contributed by atoms with Gasteiger partial charge in [0.1, 0.15) is 0 Å². The van der Waals surface area contributed by atoms with Gasteiger partial charge < -0.3 is 0 Å². The molecule has 0 aliphatic carbocycles. The Morgan fingerprint density at radius 1 is 1.04 bits per heavy atom. The minimum absolute atomic E-state index is 0.0960. The zero-order valence-corrected chi connectivity index (χ0v) is 13.3. The normalized spacial score (nSPS) is 12.2. The van der Waals surface area contributed by atoms with Crippen LogP contribution in [0, 0.1) is 0 Å². The number of sulfonamides is 1. The van der Waals surface area contributed by atoms with Gasteiger partial charge in [-0.1, -0.05) is 41.9 Å². The molecule has 3 nitrogen and oxygen atoms in total. The summed E-state index contributed by atoms with van der Waals surface area (Å²) in [6, 6.07) is 11.4. The van der Waals surface area contributed by atoms with Gasteiger partial charge in [0, 0.05) is 0 Å². The summed E-state index contributed by atoms with van der Waals surface area (Å²) >= 11 is 5.78. The summed E-state index contributed by atoms with van der Waals surface area (Å²) in [5, 5.41) is -0.0960. The second-order valence-electron chi connectivity index (χ2n) is 4.85. The summed E-state index contributed by atoms with van der Waals surface area (Å²) in [6.07, 6.45) is -4.33. The highest BCUT2D eigenvalue weighted by molar-refractivity contribution is 7.92. The third-order valence-corrected chi connectivity index (χ3v) is 4.66. The van der Waals surface area contributed by atoms with E-state index in [2.05, 4.69) is 4.72 Å². The molecule has 0 radical (unpaired) electrons. The molecule has 23 heavy (non-hydrogen) atoms. The maximum Gasteiger partial charge on any atom is 0.416 e. The Kier molecular flexibility index (Phi) is 5.21. The predicted molar refractivity (Wildman–Crippen MR) is 84.0 cm³/mol. The monoisotopic (exact) mass is 363 g/mol. The molecule has 0 saturated heterocycles. The molecule has 2 aromatic carbocycles. The largest absolute Gasteiger partial charge is 0.416 e. The lowest BCUT2D eigenvalue weighted by molar-refractivity contribution is -0.137. The summed E-state index contributed by atoms with van der Waals surface area (Å²) in [4.78, 5) is 0. The summed E-state index contributed by atoms with van der Waals surface area (Å²) in [6.45, 7) is 0. The fourth-order valence-corrected chi connectivity index (χ4v) is 3.23. The molecule has 1 N–H and O–H groups in total. The summed E-state index contributed by atoms with van der Waals surface area (Å²) in [5.41, 5.74) is -0.440. The molecular weight excluding hydrogens is 351 g/mol. The third kappa shape index (κ3) is 5.14. The van der Waals surface area contributed by atoms with Gasteiger partial charge in [0.05, 0.1) is 22.0 Å². The van der Waals surface area contributed by atoms with Crippen molar-refractivity contribution in [3.05, 3.63) is 64.7 Å². The molecule has 0 heterocycles. The van der Waals surface area contributed by atoms with Gasteiger partial charge in [-0.2, -0.15) is 13.2 Å². The molecular formula is C15H13ClF3NO2S. The van der Waals surface area contributed by atoms with Crippen LogP contribution >= 0.6 is 11.6 Å². The minimum Gasteiger partial charge on any atom is -0.282 e. The summed E-state index contributed by atoms with van der Waals surface area (Å²) in [5.74, 6) is -0.260. The molecule has 0 aromatic heterocycles. The smallest absolute Gasteiger partial charge is 0.282 e. The van der Waals surface area contributed by atoms with Gasteiger partial charge in [0.2, 0.25) is 10.0 Å². The zero-order valence-electron chi connectivity index (χ0n) is 11.8. The van der Waals surface area contributed by atoms with E-state index in [9.17, 15) is 21.6 Å². The Balaban J connectivity index is 2.14. The number of halogens is 4. The van der Waals surface area contributed by atoms with Crippen molar-refractivity contribution >= 4 is 27.3 Å². The van der Waals surface area contributed by atoms with E-state index in [1.807, 2.05) is 0 Å². The number of hydrogen-bond acceptors (Lipinski definition) is 2. The molecule has 0 aliphatic heterocycles. The standard InChI is InChI=1S/C15H13ClF3NO2S/c16-13-7-6-12(15(17,18)19)10-14(13)20-23(21,22)9-8-11-4-2-1-3-5-11/h1-7,10,20H,8-9H2. The van der Waals surface area contributed by atoms with Crippen molar-refractivity contribution < 1.29 is 21.6 Å². The van der Waals surface area contributed by atoms with Gasteiger partial charge in [-0.05, 0) is 30.2 Å². The fraction of sp³-hybridized carbons (Fsp3) is 0.200. The van der Waals surface area contributed by atoms with Crippen LogP contribution in [0.4, 0.5) is 18.9 Å². The van der Waals surface area contributed by atoms with Crippen molar-refractivity contribution in [3.8, 4) is 0 Å². The van der Waals surface area contributed by atoms with E-state index < -0.39 is 21.8 Å². The van der Waals surface area contributed by atoms with Crippen LogP contribution < -0.4 is 4.72 Å². The first-order chi connectivity index (χ1) is 10.7. The summed E-state index contributed by atoms with van der Waals surface area (Å²) in [7, 11) is -3.82. The van der Waals surface area contributed by atoms with Crippen molar-refractivity contribution in [2.75, 3.05) is 10.5 Å². The van der Waals surface area contributed by atoms with Gasteiger partial charge in [-0.15, -0.1) is 0 Å². The molecule has 2 aromatic rings. The molecule has 0 spiro atoms. The van der Waals surface area contributed by atoms with E-state index in [0.717, 1.165) is 17.7 Å². The lowest BCUT2D eigenvalue weighted by Gasteiger charge is -2.13. The van der Waals surface area contributed by atoms with Gasteiger partial charge in [-0.3, -0.25) is 4.72 Å². The molecule has 0 atom stereocenters. The number of alkyl halides is 3. The van der Waals surface area contributed by atoms with Crippen LogP contribution in [0.1, 0.15) is 11.1 Å². The maximum atomic E-state index is 12.7. The molecule has 0 saturated carbocycles. The summed E-state index contributed by atoms with van der Waals surface area (Å²) < 4.78 is 64.2. The topological polar surface area (TPSA) is 46.2 Å². The van der Waals surface area contributed by atoms with E-state index >= 15 is 0 Å². The van der Waals surface area contributed by atoms with Crippen LogP contribution in [-0.4, -0.2) is 14.2 Å². The number of benzene rings is 2. The first-order valence-electron chi connectivity index (χ1n) is 6.58. The van der Waals surface area contributed by atoms with Crippen molar-refractivity contribution in [1.29, 1.82) is 0 Å². The first kappa shape index (κ1) is 17.6. The molecule has 2 rings (SSSR count). The Morgan fingerprint density at radius 3 is 2.30 bits per heavy atom. The molecule has 0 bridgehead atoms. The molecule has 0 amide bonds.